The molecule has 1 aromatic carbocycles. The van der Waals surface area contributed by atoms with Gasteiger partial charge in [0.15, 0.2) is 0 Å². The van der Waals surface area contributed by atoms with Gasteiger partial charge in [-0.25, -0.2) is 8.78 Å². The van der Waals surface area contributed by atoms with Gasteiger partial charge >= 0.3 is 0 Å². The Morgan fingerprint density at radius 2 is 1.65 bits per heavy atom. The van der Waals surface area contributed by atoms with Crippen LogP contribution in [0, 0.1) is 11.6 Å². The highest BCUT2D eigenvalue weighted by Crippen LogP contribution is 2.14. The highest BCUT2D eigenvalue weighted by Gasteiger charge is 2.14. The van der Waals surface area contributed by atoms with Crippen molar-refractivity contribution in [2.24, 2.45) is 0 Å². The van der Waals surface area contributed by atoms with Gasteiger partial charge in [0.25, 0.3) is 0 Å². The molecular weight excluding hydrogens is 220 g/mol. The van der Waals surface area contributed by atoms with Crippen molar-refractivity contribution in [3.8, 4) is 0 Å². The first-order valence-electron chi connectivity index (χ1n) is 6.27. The van der Waals surface area contributed by atoms with Crippen LogP contribution in [0.2, 0.25) is 0 Å². The van der Waals surface area contributed by atoms with Crippen LogP contribution in [-0.2, 0) is 6.42 Å². The zero-order valence-corrected chi connectivity index (χ0v) is 10.8. The van der Waals surface area contributed by atoms with Gasteiger partial charge in [-0.15, -0.1) is 0 Å². The van der Waals surface area contributed by atoms with Crippen LogP contribution in [0.5, 0.6) is 0 Å². The summed E-state index contributed by atoms with van der Waals surface area (Å²) in [5.74, 6) is -0.911. The van der Waals surface area contributed by atoms with Gasteiger partial charge in [-0.2, -0.15) is 0 Å². The molecule has 17 heavy (non-hydrogen) atoms. The number of nitrogens with one attached hydrogen (secondary N) is 1. The Balaban J connectivity index is 2.64. The van der Waals surface area contributed by atoms with Crippen molar-refractivity contribution in [1.29, 1.82) is 0 Å². The average Bonchev–Trinajstić information content (AvgIpc) is 2.31. The minimum Gasteiger partial charge on any atom is -0.311 e. The van der Waals surface area contributed by atoms with Gasteiger partial charge in [0.1, 0.15) is 11.6 Å². The third kappa shape index (κ3) is 4.08. The Morgan fingerprint density at radius 1 is 1.12 bits per heavy atom. The van der Waals surface area contributed by atoms with E-state index in [9.17, 15) is 8.78 Å². The van der Waals surface area contributed by atoms with Gasteiger partial charge in [-0.1, -0.05) is 19.9 Å². The summed E-state index contributed by atoms with van der Waals surface area (Å²) in [6.45, 7) is 6.18. The first kappa shape index (κ1) is 14.1. The lowest BCUT2D eigenvalue weighted by Gasteiger charge is -2.21. The normalized spacial score (nSPS) is 13.1. The van der Waals surface area contributed by atoms with Crippen LogP contribution in [0.4, 0.5) is 8.78 Å². The SMILES string of the molecule is CCC(CC)NC(C)Cc1c(F)cccc1F. The second-order valence-corrected chi connectivity index (χ2v) is 4.49. The monoisotopic (exact) mass is 241 g/mol. The summed E-state index contributed by atoms with van der Waals surface area (Å²) in [5, 5.41) is 3.39. The largest absolute Gasteiger partial charge is 0.311 e. The molecule has 0 spiro atoms. The molecule has 0 fully saturated rings. The van der Waals surface area contributed by atoms with Gasteiger partial charge in [0.05, 0.1) is 0 Å². The number of hydrogen-bond acceptors (Lipinski definition) is 1. The van der Waals surface area contributed by atoms with Crippen LogP contribution in [-0.4, -0.2) is 12.1 Å². The second kappa shape index (κ2) is 6.70. The first-order chi connectivity index (χ1) is 8.08. The van der Waals surface area contributed by atoms with Gasteiger partial charge in [-0.05, 0) is 38.3 Å². The van der Waals surface area contributed by atoms with E-state index in [-0.39, 0.29) is 11.6 Å². The number of hydrogen-bond donors (Lipinski definition) is 1. The molecule has 0 radical (unpaired) electrons. The molecule has 1 N–H and O–H groups in total. The molecule has 0 aliphatic rings. The lowest BCUT2D eigenvalue weighted by Crippen LogP contribution is -2.37. The van der Waals surface area contributed by atoms with Crippen LogP contribution in [0.25, 0.3) is 0 Å². The summed E-state index contributed by atoms with van der Waals surface area (Å²) < 4.78 is 26.9. The van der Waals surface area contributed by atoms with Crippen molar-refractivity contribution in [3.63, 3.8) is 0 Å². The smallest absolute Gasteiger partial charge is 0.129 e. The van der Waals surface area contributed by atoms with Crippen molar-refractivity contribution in [2.75, 3.05) is 0 Å². The van der Waals surface area contributed by atoms with E-state index < -0.39 is 11.6 Å². The Hall–Kier alpha value is -0.960. The molecule has 0 saturated heterocycles. The molecule has 0 aliphatic carbocycles. The van der Waals surface area contributed by atoms with Crippen molar-refractivity contribution < 1.29 is 8.78 Å². The van der Waals surface area contributed by atoms with Gasteiger partial charge in [0.2, 0.25) is 0 Å². The van der Waals surface area contributed by atoms with Gasteiger partial charge in [0, 0.05) is 17.6 Å². The molecule has 1 atom stereocenters. The molecule has 0 saturated carbocycles. The fourth-order valence-electron chi connectivity index (χ4n) is 2.02. The zero-order chi connectivity index (χ0) is 12.8. The Morgan fingerprint density at radius 3 is 2.12 bits per heavy atom. The second-order valence-electron chi connectivity index (χ2n) is 4.49. The summed E-state index contributed by atoms with van der Waals surface area (Å²) in [6, 6.07) is 4.50. The zero-order valence-electron chi connectivity index (χ0n) is 10.8. The highest BCUT2D eigenvalue weighted by molar-refractivity contribution is 5.20. The Kier molecular flexibility index (Phi) is 5.56. The molecule has 96 valence electrons. The maximum absolute atomic E-state index is 13.4. The van der Waals surface area contributed by atoms with E-state index in [0.717, 1.165) is 12.8 Å². The third-order valence-corrected chi connectivity index (χ3v) is 3.08. The Bertz CT molecular complexity index is 328. The topological polar surface area (TPSA) is 12.0 Å². The van der Waals surface area contributed by atoms with E-state index in [1.807, 2.05) is 6.92 Å². The highest BCUT2D eigenvalue weighted by atomic mass is 19.1. The molecule has 0 aromatic heterocycles. The molecule has 1 rings (SSSR count). The van der Waals surface area contributed by atoms with Crippen molar-refractivity contribution in [3.05, 3.63) is 35.4 Å². The molecule has 0 amide bonds. The molecule has 1 unspecified atom stereocenters. The van der Waals surface area contributed by atoms with E-state index >= 15 is 0 Å². The van der Waals surface area contributed by atoms with E-state index in [4.69, 9.17) is 0 Å². The lowest BCUT2D eigenvalue weighted by atomic mass is 10.0. The molecule has 1 nitrogen and oxygen atoms in total. The average molecular weight is 241 g/mol. The van der Waals surface area contributed by atoms with Crippen LogP contribution < -0.4 is 5.32 Å². The maximum atomic E-state index is 13.4. The lowest BCUT2D eigenvalue weighted by molar-refractivity contribution is 0.413. The molecular formula is C14H21F2N. The minimum atomic E-state index is -0.455. The van der Waals surface area contributed by atoms with Gasteiger partial charge < -0.3 is 5.32 Å². The number of rotatable bonds is 6. The molecule has 1 aromatic rings. The maximum Gasteiger partial charge on any atom is 0.129 e. The van der Waals surface area contributed by atoms with Crippen molar-refractivity contribution in [1.82, 2.24) is 5.32 Å². The number of benzene rings is 1. The summed E-state index contributed by atoms with van der Waals surface area (Å²) in [6.07, 6.45) is 2.44. The van der Waals surface area contributed by atoms with Crippen LogP contribution in [0.3, 0.4) is 0 Å². The molecule has 0 bridgehead atoms. The summed E-state index contributed by atoms with van der Waals surface area (Å²) in [7, 11) is 0. The van der Waals surface area contributed by atoms with E-state index in [0.29, 0.717) is 12.5 Å². The predicted molar refractivity (Wildman–Crippen MR) is 67.0 cm³/mol. The minimum absolute atomic E-state index is 0.0753. The fraction of sp³-hybridized carbons (Fsp3) is 0.571. The summed E-state index contributed by atoms with van der Waals surface area (Å²) in [4.78, 5) is 0. The molecule has 0 heterocycles. The van der Waals surface area contributed by atoms with E-state index in [2.05, 4.69) is 19.2 Å². The van der Waals surface area contributed by atoms with Gasteiger partial charge in [-0.3, -0.25) is 0 Å². The quantitative estimate of drug-likeness (QED) is 0.801. The first-order valence-corrected chi connectivity index (χ1v) is 6.27. The number of halogens is 2. The van der Waals surface area contributed by atoms with Crippen LogP contribution >= 0.6 is 0 Å². The molecule has 3 heteroatoms. The third-order valence-electron chi connectivity index (χ3n) is 3.08. The fourth-order valence-corrected chi connectivity index (χ4v) is 2.02. The van der Waals surface area contributed by atoms with Crippen molar-refractivity contribution in [2.45, 2.75) is 52.1 Å². The Labute approximate surface area is 102 Å². The molecule has 0 aliphatic heterocycles. The standard InChI is InChI=1S/C14H21F2N/c1-4-11(5-2)17-10(3)9-12-13(15)7-6-8-14(12)16/h6-8,10-11,17H,4-5,9H2,1-3H3. The van der Waals surface area contributed by atoms with Crippen LogP contribution in [0.15, 0.2) is 18.2 Å². The van der Waals surface area contributed by atoms with E-state index in [1.54, 1.807) is 0 Å². The summed E-state index contributed by atoms with van der Waals surface area (Å²) in [5.41, 5.74) is 0.179. The van der Waals surface area contributed by atoms with Crippen LogP contribution in [0.1, 0.15) is 39.2 Å². The van der Waals surface area contributed by atoms with Crippen molar-refractivity contribution >= 4 is 0 Å². The van der Waals surface area contributed by atoms with E-state index in [1.165, 1.54) is 18.2 Å². The predicted octanol–water partition coefficient (Wildman–Crippen LogP) is 3.67. The summed E-state index contributed by atoms with van der Waals surface area (Å²) >= 11 is 0.